The van der Waals surface area contributed by atoms with Crippen molar-refractivity contribution in [1.82, 2.24) is 10.3 Å². The van der Waals surface area contributed by atoms with E-state index in [0.29, 0.717) is 18.5 Å². The second kappa shape index (κ2) is 4.24. The van der Waals surface area contributed by atoms with Crippen molar-refractivity contribution in [2.45, 2.75) is 24.9 Å². The van der Waals surface area contributed by atoms with Crippen molar-refractivity contribution in [3.05, 3.63) is 29.8 Å². The van der Waals surface area contributed by atoms with Crippen molar-refractivity contribution < 1.29 is 9.50 Å². The van der Waals surface area contributed by atoms with Gasteiger partial charge in [0.2, 0.25) is 0 Å². The summed E-state index contributed by atoms with van der Waals surface area (Å²) in [6, 6.07) is 1.63. The van der Waals surface area contributed by atoms with Gasteiger partial charge in [0.25, 0.3) is 0 Å². The van der Waals surface area contributed by atoms with Crippen LogP contribution < -0.4 is 5.32 Å². The smallest absolute Gasteiger partial charge is 0.144 e. The van der Waals surface area contributed by atoms with Gasteiger partial charge in [0, 0.05) is 19.2 Å². The van der Waals surface area contributed by atoms with Crippen LogP contribution in [0, 0.1) is 5.82 Å². The molecular weight excluding hydrogens is 195 g/mol. The fraction of sp³-hybridized carbons (Fsp3) is 0.545. The van der Waals surface area contributed by atoms with Gasteiger partial charge < -0.3 is 10.4 Å². The number of nitrogens with one attached hydrogen (secondary N) is 1. The molecule has 1 fully saturated rings. The predicted octanol–water partition coefficient (Wildman–Crippen LogP) is 0.878. The molecule has 1 aromatic heterocycles. The monoisotopic (exact) mass is 210 g/mol. The first-order chi connectivity index (χ1) is 7.20. The Morgan fingerprint density at radius 1 is 1.60 bits per heavy atom. The van der Waals surface area contributed by atoms with Crippen LogP contribution >= 0.6 is 0 Å². The van der Waals surface area contributed by atoms with Crippen molar-refractivity contribution >= 4 is 0 Å². The Kier molecular flexibility index (Phi) is 2.98. The summed E-state index contributed by atoms with van der Waals surface area (Å²) in [5.74, 6) is -0.337. The van der Waals surface area contributed by atoms with Crippen LogP contribution in [0.5, 0.6) is 0 Å². The summed E-state index contributed by atoms with van der Waals surface area (Å²) in [5.41, 5.74) is -0.267. The van der Waals surface area contributed by atoms with Gasteiger partial charge in [-0.2, -0.15) is 0 Å². The number of aliphatic hydroxyl groups is 1. The number of β-amino-alcohol motifs (C(OH)–C–C–N with tert-alkyl or cyclic N) is 1. The first kappa shape index (κ1) is 10.5. The molecule has 0 aliphatic carbocycles. The Labute approximate surface area is 88.3 Å². The summed E-state index contributed by atoms with van der Waals surface area (Å²) < 4.78 is 13.3. The van der Waals surface area contributed by atoms with Crippen LogP contribution in [-0.2, 0) is 6.42 Å². The Morgan fingerprint density at radius 2 is 2.47 bits per heavy atom. The van der Waals surface area contributed by atoms with Crippen molar-refractivity contribution in [3.8, 4) is 0 Å². The third-order valence-electron chi connectivity index (χ3n) is 2.83. The summed E-state index contributed by atoms with van der Waals surface area (Å²) in [7, 11) is 0. The van der Waals surface area contributed by atoms with Gasteiger partial charge in [-0.3, -0.25) is 4.98 Å². The van der Waals surface area contributed by atoms with Crippen LogP contribution in [0.2, 0.25) is 0 Å². The second-order valence-electron chi connectivity index (χ2n) is 4.15. The maximum Gasteiger partial charge on any atom is 0.144 e. The summed E-state index contributed by atoms with van der Waals surface area (Å²) >= 11 is 0. The maximum absolute atomic E-state index is 13.3. The van der Waals surface area contributed by atoms with Gasteiger partial charge in [-0.25, -0.2) is 4.39 Å². The Bertz CT molecular complexity index is 337. The van der Waals surface area contributed by atoms with E-state index in [2.05, 4.69) is 10.3 Å². The van der Waals surface area contributed by atoms with E-state index in [9.17, 15) is 9.50 Å². The summed E-state index contributed by atoms with van der Waals surface area (Å²) in [6.07, 6.45) is 4.76. The molecule has 82 valence electrons. The van der Waals surface area contributed by atoms with Crippen LogP contribution in [0.4, 0.5) is 4.39 Å². The molecule has 2 rings (SSSR count). The lowest BCUT2D eigenvalue weighted by molar-refractivity contribution is 0.0162. The van der Waals surface area contributed by atoms with E-state index in [4.69, 9.17) is 0 Å². The van der Waals surface area contributed by atoms with Crippen LogP contribution in [-0.4, -0.2) is 28.8 Å². The SMILES string of the molecule is OC1(Cc2ccncc2F)CCCNC1. The number of halogens is 1. The molecule has 3 nitrogen and oxygen atoms in total. The topological polar surface area (TPSA) is 45.2 Å². The third-order valence-corrected chi connectivity index (χ3v) is 2.83. The largest absolute Gasteiger partial charge is 0.388 e. The molecule has 1 aliphatic rings. The van der Waals surface area contributed by atoms with Crippen LogP contribution in [0.1, 0.15) is 18.4 Å². The van der Waals surface area contributed by atoms with E-state index >= 15 is 0 Å². The molecule has 0 spiro atoms. The van der Waals surface area contributed by atoms with E-state index in [0.717, 1.165) is 19.4 Å². The van der Waals surface area contributed by atoms with Crippen LogP contribution in [0.3, 0.4) is 0 Å². The summed E-state index contributed by atoms with van der Waals surface area (Å²) in [6.45, 7) is 1.47. The minimum atomic E-state index is -0.805. The minimum absolute atomic E-state index is 0.337. The first-order valence-corrected chi connectivity index (χ1v) is 5.21. The molecular formula is C11H15FN2O. The molecule has 1 atom stereocenters. The maximum atomic E-state index is 13.3. The first-order valence-electron chi connectivity index (χ1n) is 5.21. The fourth-order valence-corrected chi connectivity index (χ4v) is 2.00. The molecule has 0 bridgehead atoms. The number of rotatable bonds is 2. The molecule has 0 amide bonds. The van der Waals surface area contributed by atoms with E-state index in [1.807, 2.05) is 0 Å². The lowest BCUT2D eigenvalue weighted by atomic mass is 9.88. The highest BCUT2D eigenvalue weighted by Crippen LogP contribution is 2.22. The molecule has 2 heterocycles. The highest BCUT2D eigenvalue weighted by atomic mass is 19.1. The van der Waals surface area contributed by atoms with Crippen molar-refractivity contribution in [1.29, 1.82) is 0 Å². The fourth-order valence-electron chi connectivity index (χ4n) is 2.00. The van der Waals surface area contributed by atoms with Crippen LogP contribution in [0.15, 0.2) is 18.5 Å². The van der Waals surface area contributed by atoms with E-state index < -0.39 is 5.60 Å². The summed E-state index contributed by atoms with van der Waals surface area (Å²) in [5, 5.41) is 13.3. The zero-order valence-electron chi connectivity index (χ0n) is 8.54. The number of hydrogen-bond donors (Lipinski definition) is 2. The molecule has 2 N–H and O–H groups in total. The average molecular weight is 210 g/mol. The molecule has 1 aliphatic heterocycles. The number of nitrogens with zero attached hydrogens (tertiary/aromatic N) is 1. The molecule has 0 aromatic carbocycles. The zero-order chi connectivity index (χ0) is 10.7. The third kappa shape index (κ3) is 2.52. The van der Waals surface area contributed by atoms with E-state index in [1.54, 1.807) is 12.3 Å². The molecule has 4 heteroatoms. The lowest BCUT2D eigenvalue weighted by Crippen LogP contribution is -2.47. The van der Waals surface area contributed by atoms with E-state index in [-0.39, 0.29) is 5.82 Å². The number of hydrogen-bond acceptors (Lipinski definition) is 3. The molecule has 0 saturated carbocycles. The van der Waals surface area contributed by atoms with Crippen molar-refractivity contribution in [2.75, 3.05) is 13.1 Å². The quantitative estimate of drug-likeness (QED) is 0.761. The number of aromatic nitrogens is 1. The zero-order valence-corrected chi connectivity index (χ0v) is 8.54. The van der Waals surface area contributed by atoms with Crippen molar-refractivity contribution in [2.24, 2.45) is 0 Å². The number of pyridine rings is 1. The van der Waals surface area contributed by atoms with Gasteiger partial charge in [0.15, 0.2) is 0 Å². The van der Waals surface area contributed by atoms with Gasteiger partial charge in [0.05, 0.1) is 11.8 Å². The van der Waals surface area contributed by atoms with Gasteiger partial charge in [-0.05, 0) is 31.0 Å². The molecule has 1 aromatic rings. The Morgan fingerprint density at radius 3 is 3.13 bits per heavy atom. The lowest BCUT2D eigenvalue weighted by Gasteiger charge is -2.32. The summed E-state index contributed by atoms with van der Waals surface area (Å²) in [4.78, 5) is 3.69. The normalized spacial score (nSPS) is 26.5. The van der Waals surface area contributed by atoms with Gasteiger partial charge in [-0.15, -0.1) is 0 Å². The highest BCUT2D eigenvalue weighted by molar-refractivity contribution is 5.16. The van der Waals surface area contributed by atoms with Gasteiger partial charge >= 0.3 is 0 Å². The molecule has 1 saturated heterocycles. The van der Waals surface area contributed by atoms with Gasteiger partial charge in [0.1, 0.15) is 5.82 Å². The van der Waals surface area contributed by atoms with E-state index in [1.165, 1.54) is 6.20 Å². The standard InChI is InChI=1S/C11H15FN2O/c12-10-7-13-5-2-9(10)6-11(15)3-1-4-14-8-11/h2,5,7,14-15H,1,3-4,6,8H2. The second-order valence-corrected chi connectivity index (χ2v) is 4.15. The molecule has 15 heavy (non-hydrogen) atoms. The average Bonchev–Trinajstić information content (AvgIpc) is 2.22. The Balaban J connectivity index is 2.10. The highest BCUT2D eigenvalue weighted by Gasteiger charge is 2.30. The van der Waals surface area contributed by atoms with Crippen molar-refractivity contribution in [3.63, 3.8) is 0 Å². The predicted molar refractivity (Wildman–Crippen MR) is 55.0 cm³/mol. The molecule has 0 radical (unpaired) electrons. The van der Waals surface area contributed by atoms with Gasteiger partial charge in [-0.1, -0.05) is 0 Å². The van der Waals surface area contributed by atoms with Crippen LogP contribution in [0.25, 0.3) is 0 Å². The number of piperidine rings is 1. The Hall–Kier alpha value is -1.00. The minimum Gasteiger partial charge on any atom is -0.388 e. The molecule has 1 unspecified atom stereocenters.